The van der Waals surface area contributed by atoms with Crippen LogP contribution in [0.3, 0.4) is 0 Å². The molecule has 1 aliphatic carbocycles. The van der Waals surface area contributed by atoms with Gasteiger partial charge in [-0.3, -0.25) is 10.1 Å². The molecule has 2 rings (SSSR count). The zero-order chi connectivity index (χ0) is 13.1. The van der Waals surface area contributed by atoms with E-state index in [0.717, 1.165) is 18.0 Å². The molecular weight excluding hydrogens is 230 g/mol. The Kier molecular flexibility index (Phi) is 3.69. The molecule has 0 spiro atoms. The van der Waals surface area contributed by atoms with Crippen molar-refractivity contribution in [3.63, 3.8) is 0 Å². The summed E-state index contributed by atoms with van der Waals surface area (Å²) in [6.45, 7) is 2.15. The summed E-state index contributed by atoms with van der Waals surface area (Å²) in [6, 6.07) is 5.26. The summed E-state index contributed by atoms with van der Waals surface area (Å²) in [5, 5.41) is 14.1. The van der Waals surface area contributed by atoms with Gasteiger partial charge in [-0.25, -0.2) is 0 Å². The Labute approximate surface area is 107 Å². The van der Waals surface area contributed by atoms with Gasteiger partial charge in [0.05, 0.1) is 4.92 Å². The summed E-state index contributed by atoms with van der Waals surface area (Å²) in [6.07, 6.45) is 4.89. The average molecular weight is 249 g/mol. The van der Waals surface area contributed by atoms with E-state index in [9.17, 15) is 10.1 Å². The molecule has 0 amide bonds. The summed E-state index contributed by atoms with van der Waals surface area (Å²) >= 11 is 0. The lowest BCUT2D eigenvalue weighted by atomic mass is 10.1. The van der Waals surface area contributed by atoms with Crippen molar-refractivity contribution in [3.05, 3.63) is 28.3 Å². The van der Waals surface area contributed by atoms with Gasteiger partial charge in [-0.15, -0.1) is 0 Å². The van der Waals surface area contributed by atoms with E-state index in [0.29, 0.717) is 6.04 Å². The van der Waals surface area contributed by atoms with Crippen LogP contribution >= 0.6 is 0 Å². The first-order chi connectivity index (χ1) is 8.60. The van der Waals surface area contributed by atoms with Crippen LogP contribution in [0.15, 0.2) is 18.2 Å². The van der Waals surface area contributed by atoms with Crippen LogP contribution in [0.25, 0.3) is 0 Å². The van der Waals surface area contributed by atoms with E-state index in [-0.39, 0.29) is 11.4 Å². The fourth-order valence-electron chi connectivity index (χ4n) is 2.13. The number of nitrogens with zero attached hydrogens (tertiary/aromatic N) is 1. The van der Waals surface area contributed by atoms with Gasteiger partial charge in [0.2, 0.25) is 0 Å². The molecule has 1 aromatic carbocycles. The van der Waals surface area contributed by atoms with Crippen molar-refractivity contribution in [1.29, 1.82) is 0 Å². The van der Waals surface area contributed by atoms with E-state index < -0.39 is 4.92 Å². The SMILES string of the molecule is CCC(CC1CC1)Nc1ccc([N+](=O)[O-])c(N)c1. The number of nitrogen functional groups attached to an aromatic ring is 1. The fraction of sp³-hybridized carbons (Fsp3) is 0.538. The van der Waals surface area contributed by atoms with Crippen LogP contribution in [0.1, 0.15) is 32.6 Å². The second-order valence-electron chi connectivity index (χ2n) is 4.96. The number of nitrogens with one attached hydrogen (secondary N) is 1. The first-order valence-electron chi connectivity index (χ1n) is 6.40. The van der Waals surface area contributed by atoms with Crippen molar-refractivity contribution in [2.45, 2.75) is 38.6 Å². The predicted molar refractivity (Wildman–Crippen MR) is 72.6 cm³/mol. The number of hydrogen-bond acceptors (Lipinski definition) is 4. The molecule has 1 aliphatic rings. The highest BCUT2D eigenvalue weighted by Crippen LogP contribution is 2.35. The Morgan fingerprint density at radius 3 is 2.78 bits per heavy atom. The molecule has 3 N–H and O–H groups in total. The van der Waals surface area contributed by atoms with Crippen molar-refractivity contribution in [3.8, 4) is 0 Å². The molecule has 0 aliphatic heterocycles. The van der Waals surface area contributed by atoms with E-state index in [1.54, 1.807) is 12.1 Å². The zero-order valence-corrected chi connectivity index (χ0v) is 10.6. The van der Waals surface area contributed by atoms with Gasteiger partial charge in [0.1, 0.15) is 5.69 Å². The summed E-state index contributed by atoms with van der Waals surface area (Å²) in [4.78, 5) is 10.2. The van der Waals surface area contributed by atoms with Crippen molar-refractivity contribution in [1.82, 2.24) is 0 Å². The molecule has 1 unspecified atom stereocenters. The molecule has 1 saturated carbocycles. The molecule has 18 heavy (non-hydrogen) atoms. The van der Waals surface area contributed by atoms with E-state index in [2.05, 4.69) is 12.2 Å². The second kappa shape index (κ2) is 5.25. The van der Waals surface area contributed by atoms with Crippen molar-refractivity contribution in [2.24, 2.45) is 5.92 Å². The molecule has 0 heterocycles. The van der Waals surface area contributed by atoms with Crippen LogP contribution in [-0.2, 0) is 0 Å². The first-order valence-corrected chi connectivity index (χ1v) is 6.40. The maximum absolute atomic E-state index is 10.7. The van der Waals surface area contributed by atoms with Gasteiger partial charge in [0.15, 0.2) is 0 Å². The third-order valence-electron chi connectivity index (χ3n) is 3.40. The normalized spacial score (nSPS) is 16.3. The van der Waals surface area contributed by atoms with Crippen molar-refractivity contribution in [2.75, 3.05) is 11.1 Å². The lowest BCUT2D eigenvalue weighted by Crippen LogP contribution is -2.19. The number of anilines is 2. The van der Waals surface area contributed by atoms with Gasteiger partial charge >= 0.3 is 0 Å². The highest BCUT2D eigenvalue weighted by molar-refractivity contribution is 5.66. The molecule has 1 fully saturated rings. The summed E-state index contributed by atoms with van der Waals surface area (Å²) in [5.41, 5.74) is 6.72. The number of nitro groups is 1. The molecule has 1 aromatic rings. The van der Waals surface area contributed by atoms with Gasteiger partial charge in [0, 0.05) is 17.8 Å². The second-order valence-corrected chi connectivity index (χ2v) is 4.96. The molecule has 98 valence electrons. The maximum atomic E-state index is 10.7. The molecule has 0 bridgehead atoms. The average Bonchev–Trinajstić information content (AvgIpc) is 3.11. The van der Waals surface area contributed by atoms with Crippen molar-refractivity contribution < 1.29 is 4.92 Å². The van der Waals surface area contributed by atoms with E-state index in [4.69, 9.17) is 5.73 Å². The fourth-order valence-corrected chi connectivity index (χ4v) is 2.13. The summed E-state index contributed by atoms with van der Waals surface area (Å²) < 4.78 is 0. The molecular formula is C13H19N3O2. The predicted octanol–water partition coefficient (Wildman–Crippen LogP) is 3.17. The molecule has 0 saturated heterocycles. The number of hydrogen-bond donors (Lipinski definition) is 2. The smallest absolute Gasteiger partial charge is 0.292 e. The standard InChI is InChI=1S/C13H19N3O2/c1-2-10(7-9-3-4-9)15-11-5-6-13(16(17)18)12(14)8-11/h5-6,8-10,15H,2-4,7,14H2,1H3. The third-order valence-corrected chi connectivity index (χ3v) is 3.40. The Bertz CT molecular complexity index is 444. The van der Waals surface area contributed by atoms with Crippen molar-refractivity contribution >= 4 is 17.1 Å². The van der Waals surface area contributed by atoms with E-state index in [1.165, 1.54) is 25.3 Å². The minimum atomic E-state index is -0.458. The summed E-state index contributed by atoms with van der Waals surface area (Å²) in [5.74, 6) is 0.859. The minimum absolute atomic E-state index is 0.0317. The largest absolute Gasteiger partial charge is 0.393 e. The maximum Gasteiger partial charge on any atom is 0.292 e. The van der Waals surface area contributed by atoms with Gasteiger partial charge in [0.25, 0.3) is 5.69 Å². The number of nitrogens with two attached hydrogens (primary N) is 1. The monoisotopic (exact) mass is 249 g/mol. The Hall–Kier alpha value is -1.78. The van der Waals surface area contributed by atoms with Crippen LogP contribution in [-0.4, -0.2) is 11.0 Å². The first kappa shape index (κ1) is 12.7. The van der Waals surface area contributed by atoms with E-state index >= 15 is 0 Å². The summed E-state index contributed by atoms with van der Waals surface area (Å²) in [7, 11) is 0. The van der Waals surface area contributed by atoms with Crippen LogP contribution in [0.4, 0.5) is 17.1 Å². The molecule has 0 aromatic heterocycles. The number of nitro benzene ring substituents is 1. The topological polar surface area (TPSA) is 81.2 Å². The highest BCUT2D eigenvalue weighted by Gasteiger charge is 2.24. The Balaban J connectivity index is 2.03. The molecule has 5 nitrogen and oxygen atoms in total. The minimum Gasteiger partial charge on any atom is -0.393 e. The highest BCUT2D eigenvalue weighted by atomic mass is 16.6. The Morgan fingerprint density at radius 2 is 2.28 bits per heavy atom. The van der Waals surface area contributed by atoms with Crippen LogP contribution in [0.2, 0.25) is 0 Å². The van der Waals surface area contributed by atoms with Gasteiger partial charge in [-0.05, 0) is 30.9 Å². The van der Waals surface area contributed by atoms with Gasteiger partial charge < -0.3 is 11.1 Å². The lowest BCUT2D eigenvalue weighted by molar-refractivity contribution is -0.383. The molecule has 0 radical (unpaired) electrons. The van der Waals surface area contributed by atoms with Gasteiger partial charge in [-0.2, -0.15) is 0 Å². The van der Waals surface area contributed by atoms with Crippen LogP contribution < -0.4 is 11.1 Å². The van der Waals surface area contributed by atoms with Gasteiger partial charge in [-0.1, -0.05) is 19.8 Å². The molecule has 5 heteroatoms. The number of benzene rings is 1. The zero-order valence-electron chi connectivity index (χ0n) is 10.6. The number of rotatable bonds is 6. The quantitative estimate of drug-likeness (QED) is 0.461. The van der Waals surface area contributed by atoms with Crippen LogP contribution in [0, 0.1) is 16.0 Å². The van der Waals surface area contributed by atoms with E-state index in [1.807, 2.05) is 0 Å². The lowest BCUT2D eigenvalue weighted by Gasteiger charge is -2.18. The molecule has 1 atom stereocenters. The Morgan fingerprint density at radius 1 is 1.56 bits per heavy atom. The van der Waals surface area contributed by atoms with Crippen LogP contribution in [0.5, 0.6) is 0 Å². The third kappa shape index (κ3) is 3.12.